The van der Waals surface area contributed by atoms with Gasteiger partial charge in [-0.15, -0.1) is 0 Å². The Balaban J connectivity index is 1.61. The minimum absolute atomic E-state index is 0.185. The Labute approximate surface area is 192 Å². The van der Waals surface area contributed by atoms with Crippen molar-refractivity contribution in [3.8, 4) is 0 Å². The molecule has 0 aromatic heterocycles. The zero-order valence-corrected chi connectivity index (χ0v) is 19.0. The van der Waals surface area contributed by atoms with Crippen LogP contribution in [0.25, 0.3) is 0 Å². The van der Waals surface area contributed by atoms with E-state index in [1.54, 1.807) is 24.3 Å². The summed E-state index contributed by atoms with van der Waals surface area (Å²) < 4.78 is 29.8. The molecule has 0 N–H and O–H groups in total. The number of esters is 1. The van der Waals surface area contributed by atoms with Gasteiger partial charge in [-0.1, -0.05) is 72.8 Å². The molecular formula is C26H28O5S. The van der Waals surface area contributed by atoms with Gasteiger partial charge in [-0.05, 0) is 28.8 Å². The van der Waals surface area contributed by atoms with Crippen molar-refractivity contribution in [3.63, 3.8) is 0 Å². The second-order valence-electron chi connectivity index (χ2n) is 7.25. The standard InChI is InChI=1S/C26H28O5S/c1-29-25(27)18-21-12-14-24(15-13-21)32(28)26(31-20-23-10-6-3-7-11-23)16-17-30-19-22-8-4-2-5-9-22/h2-15,26H,16-20H2,1H3. The average Bonchev–Trinajstić information content (AvgIpc) is 2.85. The highest BCUT2D eigenvalue weighted by Gasteiger charge is 2.26. The number of rotatable bonds is 12. The van der Waals surface area contributed by atoms with Crippen molar-refractivity contribution < 1.29 is 23.6 Å². The van der Waals surface area contributed by atoms with Crippen LogP contribution in [-0.4, -0.2) is 29.7 Å². The Morgan fingerprint density at radius 3 is 2.03 bits per heavy atom. The molecule has 3 aromatic rings. The first-order chi connectivity index (χ1) is 15.7. The number of benzene rings is 3. The Kier molecular flexibility index (Phi) is 9.78. The van der Waals surface area contributed by atoms with Gasteiger partial charge in [0.05, 0.1) is 33.4 Å². The number of hydrogen-bond donors (Lipinski definition) is 0. The van der Waals surface area contributed by atoms with Crippen molar-refractivity contribution >= 4 is 17.1 Å². The first-order valence-electron chi connectivity index (χ1n) is 10.5. The third-order valence-corrected chi connectivity index (χ3v) is 6.44. The van der Waals surface area contributed by atoms with Gasteiger partial charge < -0.3 is 18.8 Å². The minimum atomic E-state index is -1.38. The van der Waals surface area contributed by atoms with Crippen LogP contribution >= 0.6 is 0 Å². The van der Waals surface area contributed by atoms with Crippen molar-refractivity contribution in [2.75, 3.05) is 13.7 Å². The van der Waals surface area contributed by atoms with Gasteiger partial charge in [0.25, 0.3) is 0 Å². The lowest BCUT2D eigenvalue weighted by atomic mass is 10.2. The fourth-order valence-electron chi connectivity index (χ4n) is 3.09. The van der Waals surface area contributed by atoms with E-state index in [1.807, 2.05) is 60.7 Å². The van der Waals surface area contributed by atoms with E-state index in [1.165, 1.54) is 7.11 Å². The van der Waals surface area contributed by atoms with Crippen molar-refractivity contribution in [2.24, 2.45) is 0 Å². The maximum Gasteiger partial charge on any atom is 0.309 e. The molecule has 0 heterocycles. The van der Waals surface area contributed by atoms with Crippen LogP contribution < -0.4 is 0 Å². The normalized spacial score (nSPS) is 12.8. The lowest BCUT2D eigenvalue weighted by molar-refractivity contribution is -0.139. The van der Waals surface area contributed by atoms with E-state index < -0.39 is 16.6 Å². The fraction of sp³-hybridized carbons (Fsp3) is 0.269. The van der Waals surface area contributed by atoms with Crippen LogP contribution in [0.15, 0.2) is 89.8 Å². The number of carbonyl (C=O) groups is 1. The SMILES string of the molecule is COC(=O)Cc1ccc([S+]([O-])C(CCOCc2ccccc2)OCc2ccccc2)cc1. The molecule has 2 atom stereocenters. The summed E-state index contributed by atoms with van der Waals surface area (Å²) in [7, 11) is 1.36. The molecule has 6 heteroatoms. The summed E-state index contributed by atoms with van der Waals surface area (Å²) in [6.45, 7) is 1.30. The quantitative estimate of drug-likeness (QED) is 0.227. The molecule has 0 radical (unpaired) electrons. The Morgan fingerprint density at radius 1 is 0.844 bits per heavy atom. The molecule has 0 saturated carbocycles. The van der Waals surface area contributed by atoms with E-state index in [9.17, 15) is 9.35 Å². The lowest BCUT2D eigenvalue weighted by Crippen LogP contribution is -2.26. The minimum Gasteiger partial charge on any atom is -0.609 e. The maximum absolute atomic E-state index is 13.3. The third-order valence-electron chi connectivity index (χ3n) is 4.86. The monoisotopic (exact) mass is 452 g/mol. The van der Waals surface area contributed by atoms with Crippen LogP contribution in [0.2, 0.25) is 0 Å². The van der Waals surface area contributed by atoms with Crippen LogP contribution in [-0.2, 0) is 49.8 Å². The molecule has 2 unspecified atom stereocenters. The summed E-state index contributed by atoms with van der Waals surface area (Å²) in [6, 6.07) is 26.9. The van der Waals surface area contributed by atoms with E-state index in [2.05, 4.69) is 0 Å². The summed E-state index contributed by atoms with van der Waals surface area (Å²) in [4.78, 5) is 12.1. The molecular weight excluding hydrogens is 424 g/mol. The van der Waals surface area contributed by atoms with Crippen LogP contribution in [0.3, 0.4) is 0 Å². The summed E-state index contributed by atoms with van der Waals surface area (Å²) in [5, 5.41) is 0. The van der Waals surface area contributed by atoms with Crippen LogP contribution in [0.5, 0.6) is 0 Å². The zero-order valence-electron chi connectivity index (χ0n) is 18.1. The van der Waals surface area contributed by atoms with Crippen LogP contribution in [0.4, 0.5) is 0 Å². The van der Waals surface area contributed by atoms with E-state index >= 15 is 0 Å². The second-order valence-corrected chi connectivity index (χ2v) is 8.84. The fourth-order valence-corrected chi connectivity index (χ4v) is 4.30. The van der Waals surface area contributed by atoms with Gasteiger partial charge in [0, 0.05) is 17.6 Å². The molecule has 0 amide bonds. The largest absolute Gasteiger partial charge is 0.609 e. The zero-order chi connectivity index (χ0) is 22.6. The van der Waals surface area contributed by atoms with Crippen LogP contribution in [0.1, 0.15) is 23.1 Å². The predicted octanol–water partition coefficient (Wildman–Crippen LogP) is 4.66. The smallest absolute Gasteiger partial charge is 0.309 e. The highest BCUT2D eigenvalue weighted by Crippen LogP contribution is 2.22. The molecule has 168 valence electrons. The number of hydrogen-bond acceptors (Lipinski definition) is 5. The van der Waals surface area contributed by atoms with Gasteiger partial charge in [-0.3, -0.25) is 4.79 Å². The topological polar surface area (TPSA) is 67.8 Å². The summed E-state index contributed by atoms with van der Waals surface area (Å²) >= 11 is -1.38. The molecule has 0 aliphatic carbocycles. The Bertz CT molecular complexity index is 931. The molecule has 3 aromatic carbocycles. The molecule has 0 aliphatic heterocycles. The van der Waals surface area contributed by atoms with Gasteiger partial charge in [-0.2, -0.15) is 0 Å². The van der Waals surface area contributed by atoms with Crippen molar-refractivity contribution in [1.29, 1.82) is 0 Å². The Morgan fingerprint density at radius 2 is 1.44 bits per heavy atom. The maximum atomic E-state index is 13.3. The summed E-state index contributed by atoms with van der Waals surface area (Å²) in [5.74, 6) is -0.307. The molecule has 0 fully saturated rings. The van der Waals surface area contributed by atoms with Gasteiger partial charge in [0.15, 0.2) is 4.90 Å². The lowest BCUT2D eigenvalue weighted by Gasteiger charge is -2.22. The number of carbonyl (C=O) groups excluding carboxylic acids is 1. The molecule has 0 aliphatic rings. The van der Waals surface area contributed by atoms with Crippen molar-refractivity contribution in [2.45, 2.75) is 36.4 Å². The van der Waals surface area contributed by atoms with Gasteiger partial charge in [0.1, 0.15) is 0 Å². The van der Waals surface area contributed by atoms with Gasteiger partial charge in [0.2, 0.25) is 5.44 Å². The van der Waals surface area contributed by atoms with E-state index in [-0.39, 0.29) is 12.4 Å². The highest BCUT2D eigenvalue weighted by atomic mass is 32.2. The molecule has 32 heavy (non-hydrogen) atoms. The van der Waals surface area contributed by atoms with Crippen LogP contribution in [0, 0.1) is 0 Å². The summed E-state index contributed by atoms with van der Waals surface area (Å²) in [5.41, 5.74) is 2.41. The molecule has 5 nitrogen and oxygen atoms in total. The van der Waals surface area contributed by atoms with Gasteiger partial charge >= 0.3 is 5.97 Å². The second kappa shape index (κ2) is 13.0. The first kappa shape index (κ1) is 24.0. The van der Waals surface area contributed by atoms with Crippen molar-refractivity contribution in [1.82, 2.24) is 0 Å². The van der Waals surface area contributed by atoms with Gasteiger partial charge in [-0.25, -0.2) is 0 Å². The first-order valence-corrected chi connectivity index (χ1v) is 11.7. The molecule has 0 bridgehead atoms. The Hall–Kier alpha value is -2.64. The predicted molar refractivity (Wildman–Crippen MR) is 124 cm³/mol. The molecule has 0 spiro atoms. The number of methoxy groups -OCH3 is 1. The van der Waals surface area contributed by atoms with E-state index in [0.717, 1.165) is 16.7 Å². The number of ether oxygens (including phenoxy) is 3. The molecule has 3 rings (SSSR count). The van der Waals surface area contributed by atoms with E-state index in [0.29, 0.717) is 31.1 Å². The third kappa shape index (κ3) is 7.80. The van der Waals surface area contributed by atoms with Crippen molar-refractivity contribution in [3.05, 3.63) is 102 Å². The highest BCUT2D eigenvalue weighted by molar-refractivity contribution is 7.91. The molecule has 0 saturated heterocycles. The summed E-state index contributed by atoms with van der Waals surface area (Å²) in [6.07, 6.45) is 0.681. The van der Waals surface area contributed by atoms with E-state index in [4.69, 9.17) is 14.2 Å². The average molecular weight is 453 g/mol.